The van der Waals surface area contributed by atoms with Crippen LogP contribution >= 0.6 is 11.6 Å². The summed E-state index contributed by atoms with van der Waals surface area (Å²) in [5, 5.41) is 15.0. The third kappa shape index (κ3) is 7.00. The third-order valence-electron chi connectivity index (χ3n) is 3.52. The van der Waals surface area contributed by atoms with Gasteiger partial charge in [-0.25, -0.2) is 4.79 Å². The molecular weight excluding hydrogens is 332 g/mol. The molecule has 2 unspecified atom stereocenters. The number of hydrogen-bond donors (Lipinski definition) is 3. The van der Waals surface area contributed by atoms with Crippen LogP contribution in [0.15, 0.2) is 24.3 Å². The number of carboxylic acids is 1. The van der Waals surface area contributed by atoms with Gasteiger partial charge in [0.2, 0.25) is 11.8 Å². The van der Waals surface area contributed by atoms with Crippen LogP contribution < -0.4 is 10.6 Å². The molecule has 0 aliphatic heterocycles. The number of amides is 2. The molecule has 0 aliphatic rings. The Morgan fingerprint density at radius 1 is 1.17 bits per heavy atom. The number of unbranched alkanes of at least 4 members (excludes halogenated alkanes) is 1. The van der Waals surface area contributed by atoms with Gasteiger partial charge in [0, 0.05) is 11.9 Å². The van der Waals surface area contributed by atoms with Crippen LogP contribution in [-0.4, -0.2) is 28.9 Å². The van der Waals surface area contributed by atoms with Crippen LogP contribution in [0.5, 0.6) is 0 Å². The van der Waals surface area contributed by atoms with Gasteiger partial charge in [0.25, 0.3) is 0 Å². The first kappa shape index (κ1) is 20.0. The smallest absolute Gasteiger partial charge is 0.326 e. The summed E-state index contributed by atoms with van der Waals surface area (Å²) in [7, 11) is 0. The maximum atomic E-state index is 12.2. The summed E-state index contributed by atoms with van der Waals surface area (Å²) in [6, 6.07) is 5.33. The highest BCUT2D eigenvalue weighted by molar-refractivity contribution is 6.30. The molecule has 132 valence electrons. The Balaban J connectivity index is 2.77. The fourth-order valence-electron chi connectivity index (χ4n) is 2.30. The monoisotopic (exact) mass is 354 g/mol. The lowest BCUT2D eigenvalue weighted by molar-refractivity contribution is -0.142. The molecule has 0 spiro atoms. The Morgan fingerprint density at radius 3 is 2.29 bits per heavy atom. The van der Waals surface area contributed by atoms with Crippen molar-refractivity contribution in [2.45, 2.75) is 51.6 Å². The van der Waals surface area contributed by atoms with Crippen LogP contribution in [0.25, 0.3) is 0 Å². The van der Waals surface area contributed by atoms with Crippen molar-refractivity contribution in [1.82, 2.24) is 10.6 Å². The standard InChI is InChI=1S/C17H23ClN2O4/c1-3-4-5-14(17(23)24)20-16(22)10-15(19-11(2)21)12-6-8-13(18)9-7-12/h6-9,14-15H,3-5,10H2,1-2H3,(H,19,21)(H,20,22)(H,23,24). The van der Waals surface area contributed by atoms with E-state index in [1.807, 2.05) is 6.92 Å². The topological polar surface area (TPSA) is 95.5 Å². The van der Waals surface area contributed by atoms with Gasteiger partial charge in [-0.3, -0.25) is 9.59 Å². The van der Waals surface area contributed by atoms with Crippen molar-refractivity contribution in [3.63, 3.8) is 0 Å². The fraction of sp³-hybridized carbons (Fsp3) is 0.471. The van der Waals surface area contributed by atoms with Crippen molar-refractivity contribution in [2.75, 3.05) is 0 Å². The minimum absolute atomic E-state index is 0.0445. The molecule has 6 nitrogen and oxygen atoms in total. The molecule has 0 heterocycles. The Bertz CT molecular complexity index is 574. The second-order valence-corrected chi connectivity index (χ2v) is 6.05. The van der Waals surface area contributed by atoms with Gasteiger partial charge in [0.1, 0.15) is 6.04 Å². The lowest BCUT2D eigenvalue weighted by Crippen LogP contribution is -2.42. The average Bonchev–Trinajstić information content (AvgIpc) is 2.50. The summed E-state index contributed by atoms with van der Waals surface area (Å²) >= 11 is 5.85. The number of benzene rings is 1. The van der Waals surface area contributed by atoms with E-state index in [1.165, 1.54) is 6.92 Å². The molecule has 0 bridgehead atoms. The normalized spacial score (nSPS) is 13.0. The summed E-state index contributed by atoms with van der Waals surface area (Å²) in [5.74, 6) is -1.75. The van der Waals surface area contributed by atoms with E-state index >= 15 is 0 Å². The van der Waals surface area contributed by atoms with Gasteiger partial charge in [0.05, 0.1) is 12.5 Å². The fourth-order valence-corrected chi connectivity index (χ4v) is 2.42. The van der Waals surface area contributed by atoms with Crippen molar-refractivity contribution in [3.05, 3.63) is 34.9 Å². The number of carboxylic acid groups (broad SMARTS) is 1. The Morgan fingerprint density at radius 2 is 1.79 bits per heavy atom. The van der Waals surface area contributed by atoms with Crippen LogP contribution in [0.4, 0.5) is 0 Å². The van der Waals surface area contributed by atoms with Gasteiger partial charge in [-0.15, -0.1) is 0 Å². The zero-order valence-corrected chi connectivity index (χ0v) is 14.6. The zero-order valence-electron chi connectivity index (χ0n) is 13.8. The van der Waals surface area contributed by atoms with Gasteiger partial charge in [-0.2, -0.15) is 0 Å². The van der Waals surface area contributed by atoms with Crippen molar-refractivity contribution in [1.29, 1.82) is 0 Å². The number of hydrogen-bond acceptors (Lipinski definition) is 3. The van der Waals surface area contributed by atoms with E-state index in [9.17, 15) is 19.5 Å². The molecule has 0 aliphatic carbocycles. The van der Waals surface area contributed by atoms with Gasteiger partial charge in [0.15, 0.2) is 0 Å². The van der Waals surface area contributed by atoms with Crippen LogP contribution in [0.3, 0.4) is 0 Å². The number of halogens is 1. The summed E-state index contributed by atoms with van der Waals surface area (Å²) in [5.41, 5.74) is 0.727. The predicted molar refractivity (Wildman–Crippen MR) is 91.7 cm³/mol. The largest absolute Gasteiger partial charge is 0.480 e. The van der Waals surface area contributed by atoms with E-state index < -0.39 is 24.0 Å². The molecule has 2 atom stereocenters. The number of aliphatic carboxylic acids is 1. The molecule has 0 saturated carbocycles. The predicted octanol–water partition coefficient (Wildman–Crippen LogP) is 2.67. The average molecular weight is 355 g/mol. The molecule has 1 aromatic rings. The SMILES string of the molecule is CCCCC(NC(=O)CC(NC(C)=O)c1ccc(Cl)cc1)C(=O)O. The first-order valence-electron chi connectivity index (χ1n) is 7.88. The zero-order chi connectivity index (χ0) is 18.1. The molecule has 0 aromatic heterocycles. The highest BCUT2D eigenvalue weighted by Crippen LogP contribution is 2.19. The maximum Gasteiger partial charge on any atom is 0.326 e. The van der Waals surface area contributed by atoms with Crippen LogP contribution in [0, 0.1) is 0 Å². The minimum atomic E-state index is -1.06. The molecule has 0 saturated heterocycles. The van der Waals surface area contributed by atoms with E-state index in [0.29, 0.717) is 17.9 Å². The first-order valence-corrected chi connectivity index (χ1v) is 8.26. The van der Waals surface area contributed by atoms with Crippen LogP contribution in [-0.2, 0) is 14.4 Å². The lowest BCUT2D eigenvalue weighted by Gasteiger charge is -2.20. The molecule has 1 rings (SSSR count). The van der Waals surface area contributed by atoms with Crippen LogP contribution in [0.2, 0.25) is 5.02 Å². The molecule has 24 heavy (non-hydrogen) atoms. The number of carbonyl (C=O) groups excluding carboxylic acids is 2. The molecule has 7 heteroatoms. The molecule has 1 aromatic carbocycles. The van der Waals surface area contributed by atoms with Crippen molar-refractivity contribution in [3.8, 4) is 0 Å². The molecular formula is C17H23ClN2O4. The minimum Gasteiger partial charge on any atom is -0.480 e. The first-order chi connectivity index (χ1) is 11.3. The number of carbonyl (C=O) groups is 3. The summed E-state index contributed by atoms with van der Waals surface area (Å²) in [6.07, 6.45) is 1.89. The second-order valence-electron chi connectivity index (χ2n) is 5.61. The van der Waals surface area contributed by atoms with Gasteiger partial charge in [-0.1, -0.05) is 43.5 Å². The lowest BCUT2D eigenvalue weighted by atomic mass is 10.0. The molecule has 0 fully saturated rings. The molecule has 3 N–H and O–H groups in total. The van der Waals surface area contributed by atoms with Gasteiger partial charge in [-0.05, 0) is 24.1 Å². The van der Waals surface area contributed by atoms with E-state index in [1.54, 1.807) is 24.3 Å². The molecule has 2 amide bonds. The second kappa shape index (κ2) is 9.93. The van der Waals surface area contributed by atoms with Crippen molar-refractivity contribution >= 4 is 29.4 Å². The van der Waals surface area contributed by atoms with Gasteiger partial charge < -0.3 is 15.7 Å². The van der Waals surface area contributed by atoms with Gasteiger partial charge >= 0.3 is 5.97 Å². The highest BCUT2D eigenvalue weighted by Gasteiger charge is 2.22. The highest BCUT2D eigenvalue weighted by atomic mass is 35.5. The van der Waals surface area contributed by atoms with E-state index in [-0.39, 0.29) is 12.3 Å². The molecule has 0 radical (unpaired) electrons. The third-order valence-corrected chi connectivity index (χ3v) is 3.77. The Labute approximate surface area is 146 Å². The summed E-state index contributed by atoms with van der Waals surface area (Å²) < 4.78 is 0. The Kier molecular flexibility index (Phi) is 8.26. The Hall–Kier alpha value is -2.08. The van der Waals surface area contributed by atoms with E-state index in [4.69, 9.17) is 11.6 Å². The van der Waals surface area contributed by atoms with Crippen molar-refractivity contribution in [2.24, 2.45) is 0 Å². The van der Waals surface area contributed by atoms with Crippen molar-refractivity contribution < 1.29 is 19.5 Å². The van der Waals surface area contributed by atoms with E-state index in [0.717, 1.165) is 12.0 Å². The number of nitrogens with one attached hydrogen (secondary N) is 2. The summed E-state index contributed by atoms with van der Waals surface area (Å²) in [6.45, 7) is 3.32. The summed E-state index contributed by atoms with van der Waals surface area (Å²) in [4.78, 5) is 34.8. The van der Waals surface area contributed by atoms with Crippen LogP contribution in [0.1, 0.15) is 51.1 Å². The number of rotatable bonds is 9. The quantitative estimate of drug-likeness (QED) is 0.635. The van der Waals surface area contributed by atoms with E-state index in [2.05, 4.69) is 10.6 Å². The maximum absolute atomic E-state index is 12.2.